The van der Waals surface area contributed by atoms with Gasteiger partial charge in [0.25, 0.3) is 0 Å². The molecule has 10 nitrogen and oxygen atoms in total. The van der Waals surface area contributed by atoms with Gasteiger partial charge in [-0.2, -0.15) is 0 Å². The second-order valence-corrected chi connectivity index (χ2v) is 16.7. The van der Waals surface area contributed by atoms with E-state index in [1.807, 2.05) is 19.1 Å². The monoisotopic (exact) mass is 694 g/mol. The molecule has 1 aromatic rings. The van der Waals surface area contributed by atoms with Crippen molar-refractivity contribution in [1.29, 1.82) is 0 Å². The third-order valence-corrected chi connectivity index (χ3v) is 14.2. The van der Waals surface area contributed by atoms with Crippen LogP contribution >= 0.6 is 0 Å². The zero-order chi connectivity index (χ0) is 35.7. The van der Waals surface area contributed by atoms with E-state index in [1.54, 1.807) is 18.2 Å². The molecule has 0 radical (unpaired) electrons. The van der Waals surface area contributed by atoms with E-state index >= 15 is 0 Å². The Morgan fingerprint density at radius 2 is 1.70 bits per heavy atom. The second kappa shape index (κ2) is 14.6. The number of carbonyl (C=O) groups excluding carboxylic acids is 3. The number of cyclic esters (lactones) is 1. The lowest BCUT2D eigenvalue weighted by molar-refractivity contribution is -0.286. The Bertz CT molecular complexity index is 1450. The van der Waals surface area contributed by atoms with Crippen molar-refractivity contribution in [1.82, 2.24) is 10.6 Å². The van der Waals surface area contributed by atoms with Crippen molar-refractivity contribution in [3.63, 3.8) is 0 Å². The van der Waals surface area contributed by atoms with E-state index in [0.29, 0.717) is 38.3 Å². The maximum absolute atomic E-state index is 12.7. The van der Waals surface area contributed by atoms with Crippen molar-refractivity contribution in [2.75, 3.05) is 26.3 Å². The number of hydrogen-bond acceptors (Lipinski definition) is 8. The lowest BCUT2D eigenvalue weighted by Gasteiger charge is -2.69. The van der Waals surface area contributed by atoms with Crippen LogP contribution in [-0.4, -0.2) is 77.2 Å². The number of unbranched alkanes of at least 4 members (excludes halogenated alkanes) is 2. The summed E-state index contributed by atoms with van der Waals surface area (Å²) in [5.41, 5.74) is -0.194. The van der Waals surface area contributed by atoms with Crippen molar-refractivity contribution in [2.24, 2.45) is 34.0 Å². The van der Waals surface area contributed by atoms with Crippen LogP contribution in [0.1, 0.15) is 103 Å². The van der Waals surface area contributed by atoms with Crippen molar-refractivity contribution in [3.8, 4) is 5.75 Å². The van der Waals surface area contributed by atoms with E-state index in [2.05, 4.69) is 24.5 Å². The molecule has 1 heterocycles. The Morgan fingerprint density at radius 1 is 0.940 bits per heavy atom. The second-order valence-electron chi connectivity index (χ2n) is 16.7. The summed E-state index contributed by atoms with van der Waals surface area (Å²) in [6.45, 7) is 8.09. The van der Waals surface area contributed by atoms with Crippen LogP contribution in [0, 0.1) is 34.0 Å². The number of benzene rings is 1. The Balaban J connectivity index is 0.912. The minimum absolute atomic E-state index is 0.0142. The third-order valence-electron chi connectivity index (χ3n) is 14.2. The summed E-state index contributed by atoms with van der Waals surface area (Å²) < 4.78 is 11.4. The first kappa shape index (κ1) is 36.8. The molecule has 5 aliphatic rings. The fourth-order valence-corrected chi connectivity index (χ4v) is 11.2. The summed E-state index contributed by atoms with van der Waals surface area (Å²) >= 11 is 0. The lowest BCUT2D eigenvalue weighted by Crippen LogP contribution is -2.71. The van der Waals surface area contributed by atoms with Crippen molar-refractivity contribution >= 4 is 17.8 Å². The largest absolute Gasteiger partial charge is 0.508 e. The van der Waals surface area contributed by atoms with Gasteiger partial charge in [0.05, 0.1) is 17.8 Å². The maximum atomic E-state index is 12.7. The molecule has 10 heteroatoms. The van der Waals surface area contributed by atoms with E-state index in [-0.39, 0.29) is 65.5 Å². The average Bonchev–Trinajstić information content (AvgIpc) is 3.64. The highest BCUT2D eigenvalue weighted by Gasteiger charge is 2.75. The number of aliphatic hydroxyl groups is 2. The quantitative estimate of drug-likeness (QED) is 0.147. The Kier molecular flexibility index (Phi) is 10.7. The highest BCUT2D eigenvalue weighted by atomic mass is 16.5. The van der Waals surface area contributed by atoms with Gasteiger partial charge in [-0.25, -0.2) is 4.79 Å². The molecule has 50 heavy (non-hydrogen) atoms. The van der Waals surface area contributed by atoms with E-state index in [4.69, 9.17) is 9.47 Å². The predicted molar refractivity (Wildman–Crippen MR) is 188 cm³/mol. The van der Waals surface area contributed by atoms with Crippen molar-refractivity contribution < 1.29 is 39.2 Å². The van der Waals surface area contributed by atoms with Gasteiger partial charge in [-0.1, -0.05) is 39.3 Å². The molecule has 0 saturated heterocycles. The van der Waals surface area contributed by atoms with Crippen LogP contribution in [0.3, 0.4) is 0 Å². The lowest BCUT2D eigenvalue weighted by atomic mass is 9.37. The highest BCUT2D eigenvalue weighted by molar-refractivity contribution is 5.85. The molecular formula is C40H58N2O8. The van der Waals surface area contributed by atoms with Gasteiger partial charge in [-0.05, 0) is 117 Å². The highest BCUT2D eigenvalue weighted by Crippen LogP contribution is 2.74. The number of esters is 1. The predicted octanol–water partition coefficient (Wildman–Crippen LogP) is 4.73. The first-order valence-corrected chi connectivity index (χ1v) is 19.0. The maximum Gasteiger partial charge on any atom is 0.331 e. The van der Waals surface area contributed by atoms with Gasteiger partial charge in [-0.15, -0.1) is 0 Å². The van der Waals surface area contributed by atoms with Crippen LogP contribution in [0.25, 0.3) is 0 Å². The molecular weight excluding hydrogens is 636 g/mol. The van der Waals surface area contributed by atoms with Crippen LogP contribution in [0.5, 0.6) is 5.75 Å². The normalized spacial score (nSPS) is 37.6. The number of phenolic OH excluding ortho intramolecular Hbond substituents is 1. The molecule has 8 unspecified atom stereocenters. The number of amides is 2. The van der Waals surface area contributed by atoms with Gasteiger partial charge >= 0.3 is 5.97 Å². The van der Waals surface area contributed by atoms with Crippen molar-refractivity contribution in [2.45, 2.75) is 122 Å². The standard InChI is InChI=1S/C40H58N2O8/c1-37-16-13-30(49-25-35(46)41-19-6-4-5-7-34(45)42-20-15-26-8-10-29(43)11-9-26)22-28(37)12-17-38(2)32(37)23-33(44)39(3)31(14-18-40(38,39)48)27-21-36(47)50-24-27/h8-11,21,28,30-33,43-44,48H,4-7,12-20,22-25H2,1-3H3,(H,41,46)(H,42,45)/t28?,30?,31?,32-,33?,37?,38?,39?,40?/m1/s1. The first-order valence-electron chi connectivity index (χ1n) is 19.0. The van der Waals surface area contributed by atoms with Gasteiger partial charge in [0, 0.05) is 36.4 Å². The molecule has 1 aliphatic heterocycles. The fourth-order valence-electron chi connectivity index (χ4n) is 11.2. The zero-order valence-corrected chi connectivity index (χ0v) is 30.2. The molecule has 0 aromatic heterocycles. The van der Waals surface area contributed by atoms with Crippen LogP contribution in [-0.2, 0) is 30.3 Å². The number of hydrogen-bond donors (Lipinski definition) is 5. The van der Waals surface area contributed by atoms with E-state index in [0.717, 1.165) is 75.3 Å². The van der Waals surface area contributed by atoms with Crippen LogP contribution in [0.2, 0.25) is 0 Å². The molecule has 5 N–H and O–H groups in total. The van der Waals surface area contributed by atoms with Crippen LogP contribution in [0.15, 0.2) is 35.9 Å². The molecule has 6 rings (SSSR count). The van der Waals surface area contributed by atoms with Gasteiger partial charge in [-0.3, -0.25) is 9.59 Å². The van der Waals surface area contributed by atoms with Crippen molar-refractivity contribution in [3.05, 3.63) is 41.5 Å². The average molecular weight is 695 g/mol. The SMILES string of the molecule is CC12CCC(OCC(=O)NCCCCCC(=O)NCCc3ccc(O)cc3)CC1CCC1(C)[C@@H]2CC(O)C2(C)C(C3=CC(=O)OC3)CCC21O. The zero-order valence-electron chi connectivity index (χ0n) is 30.2. The summed E-state index contributed by atoms with van der Waals surface area (Å²) in [5.74, 6) is 0.306. The molecule has 0 spiro atoms. The minimum atomic E-state index is -1.04. The number of aromatic hydroxyl groups is 1. The Morgan fingerprint density at radius 3 is 2.44 bits per heavy atom. The molecule has 4 fully saturated rings. The number of carbonyl (C=O) groups is 3. The summed E-state index contributed by atoms with van der Waals surface area (Å²) in [5, 5.41) is 39.8. The van der Waals surface area contributed by atoms with Gasteiger partial charge in [0.1, 0.15) is 19.0 Å². The Hall–Kier alpha value is -2.95. The molecule has 0 bridgehead atoms. The third kappa shape index (κ3) is 6.72. The van der Waals surface area contributed by atoms with E-state index in [1.165, 1.54) is 0 Å². The fraction of sp³-hybridized carbons (Fsp3) is 0.725. The number of nitrogens with one attached hydrogen (secondary N) is 2. The molecule has 4 aliphatic carbocycles. The summed E-state index contributed by atoms with van der Waals surface area (Å²) in [7, 11) is 0. The Labute approximate surface area is 296 Å². The van der Waals surface area contributed by atoms with E-state index < -0.39 is 17.1 Å². The van der Waals surface area contributed by atoms with Gasteiger partial charge in [0.15, 0.2) is 0 Å². The smallest absolute Gasteiger partial charge is 0.331 e. The summed E-state index contributed by atoms with van der Waals surface area (Å²) in [6.07, 6.45) is 11.0. The number of aliphatic hydroxyl groups excluding tert-OH is 1. The summed E-state index contributed by atoms with van der Waals surface area (Å²) in [6, 6.07) is 6.99. The summed E-state index contributed by atoms with van der Waals surface area (Å²) in [4.78, 5) is 36.7. The molecule has 1 aromatic carbocycles. The number of rotatable bonds is 13. The first-order chi connectivity index (χ1) is 23.8. The van der Waals surface area contributed by atoms with Gasteiger partial charge < -0.3 is 35.4 Å². The number of phenols is 1. The molecule has 9 atom stereocenters. The molecule has 276 valence electrons. The van der Waals surface area contributed by atoms with Crippen LogP contribution < -0.4 is 10.6 Å². The van der Waals surface area contributed by atoms with Gasteiger partial charge in [0.2, 0.25) is 11.8 Å². The van der Waals surface area contributed by atoms with Crippen LogP contribution in [0.4, 0.5) is 0 Å². The topological polar surface area (TPSA) is 154 Å². The molecule has 2 amide bonds. The molecule has 4 saturated carbocycles. The number of ether oxygens (including phenoxy) is 2. The minimum Gasteiger partial charge on any atom is -0.508 e. The number of fused-ring (bicyclic) bond motifs is 5. The van der Waals surface area contributed by atoms with E-state index in [9.17, 15) is 29.7 Å².